The third-order valence-electron chi connectivity index (χ3n) is 4.20. The summed E-state index contributed by atoms with van der Waals surface area (Å²) in [6, 6.07) is 9.09. The van der Waals surface area contributed by atoms with E-state index < -0.39 is 22.5 Å². The van der Waals surface area contributed by atoms with Gasteiger partial charge in [-0.25, -0.2) is 4.79 Å². The normalized spacial score (nSPS) is 10.9. The minimum atomic E-state index is -1.38. The first-order valence-corrected chi connectivity index (χ1v) is 8.79. The summed E-state index contributed by atoms with van der Waals surface area (Å²) in [5.41, 5.74) is -0.979. The van der Waals surface area contributed by atoms with Crippen molar-refractivity contribution >= 4 is 11.5 Å². The van der Waals surface area contributed by atoms with Crippen LogP contribution in [0.3, 0.4) is 0 Å². The Morgan fingerprint density at radius 3 is 2.57 bits per heavy atom. The molecule has 1 N–H and O–H groups in total. The lowest BCUT2D eigenvalue weighted by Crippen LogP contribution is -2.28. The summed E-state index contributed by atoms with van der Waals surface area (Å²) in [5.74, 6) is -1.66. The smallest absolute Gasteiger partial charge is 0.341 e. The molecular weight excluding hydrogens is 364 g/mol. The van der Waals surface area contributed by atoms with Gasteiger partial charge in [-0.2, -0.15) is 0 Å². The summed E-state index contributed by atoms with van der Waals surface area (Å²) in [7, 11) is 0. The Balaban J connectivity index is 2.11. The fourth-order valence-electron chi connectivity index (χ4n) is 2.79. The van der Waals surface area contributed by atoms with Crippen LogP contribution in [0.1, 0.15) is 22.8 Å². The number of hydrogen-bond acceptors (Lipinski definition) is 5. The number of nitrogens with zero attached hydrogens (tertiary/aromatic N) is 2. The summed E-state index contributed by atoms with van der Waals surface area (Å²) in [5, 5.41) is 9.33. The molecule has 2 aromatic heterocycles. The van der Waals surface area contributed by atoms with Crippen molar-refractivity contribution in [1.29, 1.82) is 0 Å². The molecule has 146 valence electrons. The Bertz CT molecular complexity index is 1100. The predicted octanol–water partition coefficient (Wildman–Crippen LogP) is 1.77. The molecule has 2 heterocycles. The highest BCUT2D eigenvalue weighted by molar-refractivity contribution is 5.88. The van der Waals surface area contributed by atoms with Gasteiger partial charge in [0.1, 0.15) is 12.2 Å². The van der Waals surface area contributed by atoms with Gasteiger partial charge in [-0.15, -0.1) is 0 Å². The van der Waals surface area contributed by atoms with Gasteiger partial charge in [0, 0.05) is 31.7 Å². The number of fused-ring (bicyclic) bond motifs is 1. The lowest BCUT2D eigenvalue weighted by atomic mass is 10.2. The lowest BCUT2D eigenvalue weighted by Gasteiger charge is -2.13. The Morgan fingerprint density at radius 1 is 1.14 bits per heavy atom. The molecule has 0 aliphatic rings. The number of rotatable bonds is 8. The molecule has 0 spiro atoms. The van der Waals surface area contributed by atoms with E-state index in [9.17, 15) is 19.5 Å². The van der Waals surface area contributed by atoms with Crippen molar-refractivity contribution in [2.75, 3.05) is 13.2 Å². The molecule has 3 rings (SSSR count). The molecule has 0 unspecified atom stereocenters. The maximum atomic E-state index is 12.9. The number of carboxylic acids is 1. The van der Waals surface area contributed by atoms with Crippen molar-refractivity contribution in [3.8, 4) is 5.75 Å². The number of aromatic carboxylic acids is 1. The molecule has 0 saturated heterocycles. The Hall–Kier alpha value is -3.39. The molecule has 8 nitrogen and oxygen atoms in total. The van der Waals surface area contributed by atoms with Crippen LogP contribution in [0, 0.1) is 0 Å². The van der Waals surface area contributed by atoms with Crippen molar-refractivity contribution in [3.05, 3.63) is 80.6 Å². The maximum absolute atomic E-state index is 12.9. The number of aromatic nitrogens is 2. The number of carboxylic acid groups (broad SMARTS) is 1. The summed E-state index contributed by atoms with van der Waals surface area (Å²) >= 11 is 0. The van der Waals surface area contributed by atoms with Gasteiger partial charge >= 0.3 is 5.97 Å². The fraction of sp³-hybridized carbons (Fsp3) is 0.250. The van der Waals surface area contributed by atoms with Crippen molar-refractivity contribution in [2.24, 2.45) is 0 Å². The van der Waals surface area contributed by atoms with Crippen LogP contribution >= 0.6 is 0 Å². The van der Waals surface area contributed by atoms with E-state index in [-0.39, 0.29) is 17.9 Å². The average molecular weight is 384 g/mol. The first kappa shape index (κ1) is 19.4. The second kappa shape index (κ2) is 8.53. The van der Waals surface area contributed by atoms with Gasteiger partial charge in [-0.1, -0.05) is 30.3 Å². The van der Waals surface area contributed by atoms with E-state index in [4.69, 9.17) is 9.47 Å². The van der Waals surface area contributed by atoms with E-state index >= 15 is 0 Å². The van der Waals surface area contributed by atoms with Crippen LogP contribution in [0.25, 0.3) is 5.52 Å². The van der Waals surface area contributed by atoms with Crippen molar-refractivity contribution in [2.45, 2.75) is 20.1 Å². The summed E-state index contributed by atoms with van der Waals surface area (Å²) in [6.07, 6.45) is 4.17. The standard InChI is InChI=1S/C20H20N2O6/c1-2-27-11-10-21-8-9-22-12-15(20(25)26)17(23)18(16(22)19(21)24)28-13-14-6-4-3-5-7-14/h3-9,12H,2,10-11,13H2,1H3,(H,25,26). The monoisotopic (exact) mass is 384 g/mol. The van der Waals surface area contributed by atoms with Gasteiger partial charge in [0.15, 0.2) is 11.3 Å². The van der Waals surface area contributed by atoms with Gasteiger partial charge in [0.2, 0.25) is 5.43 Å². The van der Waals surface area contributed by atoms with Crippen LogP contribution in [0.4, 0.5) is 0 Å². The van der Waals surface area contributed by atoms with Crippen LogP contribution in [0.2, 0.25) is 0 Å². The maximum Gasteiger partial charge on any atom is 0.341 e. The Labute approximate surface area is 160 Å². The fourth-order valence-corrected chi connectivity index (χ4v) is 2.79. The molecule has 8 heteroatoms. The van der Waals surface area contributed by atoms with E-state index in [0.29, 0.717) is 19.8 Å². The first-order valence-electron chi connectivity index (χ1n) is 8.79. The van der Waals surface area contributed by atoms with E-state index in [0.717, 1.165) is 11.8 Å². The molecule has 0 atom stereocenters. The zero-order valence-electron chi connectivity index (χ0n) is 15.3. The Morgan fingerprint density at radius 2 is 1.89 bits per heavy atom. The number of hydrogen-bond donors (Lipinski definition) is 1. The minimum absolute atomic E-state index is 0.00932. The predicted molar refractivity (Wildman–Crippen MR) is 102 cm³/mol. The number of pyridine rings is 1. The summed E-state index contributed by atoms with van der Waals surface area (Å²) in [4.78, 5) is 37.0. The van der Waals surface area contributed by atoms with E-state index in [2.05, 4.69) is 0 Å². The average Bonchev–Trinajstić information content (AvgIpc) is 2.69. The highest BCUT2D eigenvalue weighted by Gasteiger charge is 2.20. The highest BCUT2D eigenvalue weighted by Crippen LogP contribution is 2.15. The molecule has 28 heavy (non-hydrogen) atoms. The van der Waals surface area contributed by atoms with E-state index in [1.54, 1.807) is 12.1 Å². The van der Waals surface area contributed by atoms with Gasteiger partial charge < -0.3 is 23.5 Å². The molecule has 0 saturated carbocycles. The van der Waals surface area contributed by atoms with Crippen LogP contribution in [-0.2, 0) is 17.9 Å². The van der Waals surface area contributed by atoms with Crippen LogP contribution in [0.15, 0.2) is 58.5 Å². The minimum Gasteiger partial charge on any atom is -0.483 e. The molecule has 0 aliphatic heterocycles. The third kappa shape index (κ3) is 3.96. The number of benzene rings is 1. The summed E-state index contributed by atoms with van der Waals surface area (Å²) in [6.45, 7) is 3.05. The zero-order valence-corrected chi connectivity index (χ0v) is 15.3. The van der Waals surface area contributed by atoms with Gasteiger partial charge in [0.05, 0.1) is 6.61 Å². The highest BCUT2D eigenvalue weighted by atomic mass is 16.5. The third-order valence-corrected chi connectivity index (χ3v) is 4.20. The zero-order chi connectivity index (χ0) is 20.1. The number of carbonyl (C=O) groups is 1. The van der Waals surface area contributed by atoms with Crippen molar-refractivity contribution in [3.63, 3.8) is 0 Å². The molecule has 0 aliphatic carbocycles. The second-order valence-corrected chi connectivity index (χ2v) is 6.03. The topological polar surface area (TPSA) is 99.2 Å². The van der Waals surface area contributed by atoms with Gasteiger partial charge in [0.25, 0.3) is 5.56 Å². The molecule has 0 radical (unpaired) electrons. The molecule has 0 fully saturated rings. The molecular formula is C20H20N2O6. The van der Waals surface area contributed by atoms with Gasteiger partial charge in [-0.05, 0) is 12.5 Å². The summed E-state index contributed by atoms with van der Waals surface area (Å²) < 4.78 is 13.6. The van der Waals surface area contributed by atoms with Crippen LogP contribution in [-0.4, -0.2) is 33.3 Å². The Kier molecular flexibility index (Phi) is 5.90. The first-order chi connectivity index (χ1) is 13.5. The number of ether oxygens (including phenoxy) is 2. The van der Waals surface area contributed by atoms with Crippen molar-refractivity contribution in [1.82, 2.24) is 8.97 Å². The molecule has 0 bridgehead atoms. The van der Waals surface area contributed by atoms with Gasteiger partial charge in [-0.3, -0.25) is 9.59 Å². The van der Waals surface area contributed by atoms with Crippen LogP contribution in [0.5, 0.6) is 5.75 Å². The van der Waals surface area contributed by atoms with Crippen LogP contribution < -0.4 is 15.7 Å². The molecule has 3 aromatic rings. The van der Waals surface area contributed by atoms with Crippen molar-refractivity contribution < 1.29 is 19.4 Å². The molecule has 0 amide bonds. The van der Waals surface area contributed by atoms with E-state index in [1.165, 1.54) is 21.4 Å². The quantitative estimate of drug-likeness (QED) is 0.595. The second-order valence-electron chi connectivity index (χ2n) is 6.03. The van der Waals surface area contributed by atoms with E-state index in [1.807, 2.05) is 25.1 Å². The molecule has 1 aromatic carbocycles. The SMILES string of the molecule is CCOCCn1ccn2cc(C(=O)O)c(=O)c(OCc3ccccc3)c2c1=O. The largest absolute Gasteiger partial charge is 0.483 e. The lowest BCUT2D eigenvalue weighted by molar-refractivity contribution is 0.0694.